The van der Waals surface area contributed by atoms with E-state index in [2.05, 4.69) is 4.98 Å². The quantitative estimate of drug-likeness (QED) is 0.226. The predicted octanol–water partition coefficient (Wildman–Crippen LogP) is 5.79. The molecule has 37 heavy (non-hydrogen) atoms. The minimum atomic E-state index is -5.09. The third-order valence-electron chi connectivity index (χ3n) is 4.93. The van der Waals surface area contributed by atoms with Gasteiger partial charge in [0, 0.05) is 18.5 Å². The Bertz CT molecular complexity index is 1500. The van der Waals surface area contributed by atoms with E-state index in [1.54, 1.807) is 0 Å². The Morgan fingerprint density at radius 1 is 0.973 bits per heavy atom. The van der Waals surface area contributed by atoms with Crippen molar-refractivity contribution in [2.24, 2.45) is 0 Å². The third-order valence-corrected chi connectivity index (χ3v) is 4.93. The first-order valence-corrected chi connectivity index (χ1v) is 10.9. The highest BCUT2D eigenvalue weighted by molar-refractivity contribution is 5.91. The molecule has 2 heterocycles. The summed E-state index contributed by atoms with van der Waals surface area (Å²) in [6.07, 6.45) is -1.75. The summed E-state index contributed by atoms with van der Waals surface area (Å²) in [6, 6.07) is 11.4. The highest BCUT2D eigenvalue weighted by Gasteiger charge is 2.40. The number of alkyl halides is 3. The van der Waals surface area contributed by atoms with Gasteiger partial charge in [-0.1, -0.05) is 6.92 Å². The van der Waals surface area contributed by atoms with Crippen molar-refractivity contribution in [3.63, 3.8) is 0 Å². The molecular formula is C26H18F3NO7. The number of benzene rings is 2. The molecule has 11 heteroatoms. The maximum Gasteiger partial charge on any atom is 0.453 e. The Labute approximate surface area is 207 Å². The van der Waals surface area contributed by atoms with Gasteiger partial charge < -0.3 is 18.6 Å². The van der Waals surface area contributed by atoms with Crippen LogP contribution < -0.4 is 14.9 Å². The van der Waals surface area contributed by atoms with Crippen molar-refractivity contribution in [3.8, 4) is 17.2 Å². The van der Waals surface area contributed by atoms with Crippen LogP contribution in [0.1, 0.15) is 39.8 Å². The maximum atomic E-state index is 13.8. The Kier molecular flexibility index (Phi) is 7.23. The molecule has 2 aromatic heterocycles. The van der Waals surface area contributed by atoms with E-state index >= 15 is 0 Å². The highest BCUT2D eigenvalue weighted by atomic mass is 19.4. The number of carbonyl (C=O) groups excluding carboxylic acids is 2. The second-order valence-corrected chi connectivity index (χ2v) is 7.64. The summed E-state index contributed by atoms with van der Waals surface area (Å²) in [5, 5.41) is -0.232. The molecule has 4 rings (SSSR count). The van der Waals surface area contributed by atoms with Crippen LogP contribution in [-0.4, -0.2) is 23.5 Å². The fourth-order valence-electron chi connectivity index (χ4n) is 3.20. The van der Waals surface area contributed by atoms with Crippen molar-refractivity contribution in [3.05, 3.63) is 94.1 Å². The third kappa shape index (κ3) is 5.77. The summed E-state index contributed by atoms with van der Waals surface area (Å²) < 4.78 is 61.9. The molecule has 0 spiro atoms. The molecule has 0 unspecified atom stereocenters. The summed E-state index contributed by atoms with van der Waals surface area (Å²) in [7, 11) is 0. The number of ether oxygens (including phenoxy) is 3. The van der Waals surface area contributed by atoms with E-state index in [9.17, 15) is 27.6 Å². The number of rotatable bonds is 7. The summed E-state index contributed by atoms with van der Waals surface area (Å²) in [5.41, 5.74) is -1.27. The predicted molar refractivity (Wildman–Crippen MR) is 124 cm³/mol. The highest BCUT2D eigenvalue weighted by Crippen LogP contribution is 2.38. The van der Waals surface area contributed by atoms with E-state index < -0.39 is 40.6 Å². The maximum absolute atomic E-state index is 13.8. The number of fused-ring (bicyclic) bond motifs is 1. The van der Waals surface area contributed by atoms with Crippen LogP contribution in [0.15, 0.2) is 76.2 Å². The van der Waals surface area contributed by atoms with Crippen molar-refractivity contribution in [1.29, 1.82) is 0 Å². The van der Waals surface area contributed by atoms with Gasteiger partial charge in [0.15, 0.2) is 0 Å². The van der Waals surface area contributed by atoms with Gasteiger partial charge in [-0.15, -0.1) is 0 Å². The van der Waals surface area contributed by atoms with Gasteiger partial charge in [0.05, 0.1) is 23.1 Å². The van der Waals surface area contributed by atoms with Crippen LogP contribution in [0.2, 0.25) is 0 Å². The van der Waals surface area contributed by atoms with Gasteiger partial charge in [-0.2, -0.15) is 13.2 Å². The summed E-state index contributed by atoms with van der Waals surface area (Å²) in [6.45, 7) is 2.04. The minimum Gasteiger partial charge on any atom is -0.462 e. The van der Waals surface area contributed by atoms with Crippen LogP contribution >= 0.6 is 0 Å². The Hall–Kier alpha value is -4.67. The summed E-state index contributed by atoms with van der Waals surface area (Å²) >= 11 is 0. The molecule has 2 aromatic carbocycles. The van der Waals surface area contributed by atoms with Crippen molar-refractivity contribution in [2.75, 3.05) is 6.61 Å². The van der Waals surface area contributed by atoms with Crippen LogP contribution in [-0.2, 0) is 10.9 Å². The Morgan fingerprint density at radius 2 is 1.70 bits per heavy atom. The second kappa shape index (κ2) is 10.5. The molecule has 0 aliphatic carbocycles. The molecule has 0 aliphatic heterocycles. The SMILES string of the molecule is CCCOC(=O)c1ccc(Oc2c(C(F)(F)F)oc3cc(OC(=O)c4cccnc4)ccc3c2=O)cc1. The largest absolute Gasteiger partial charge is 0.462 e. The molecule has 0 aliphatic rings. The van der Waals surface area contributed by atoms with E-state index in [1.807, 2.05) is 6.92 Å². The Balaban J connectivity index is 1.67. The van der Waals surface area contributed by atoms with Crippen molar-refractivity contribution >= 4 is 22.9 Å². The molecule has 0 fully saturated rings. The molecule has 0 amide bonds. The molecular weight excluding hydrogens is 495 g/mol. The topological polar surface area (TPSA) is 105 Å². The molecule has 8 nitrogen and oxygen atoms in total. The standard InChI is InChI=1S/C26H18F3NO7/c1-2-12-34-24(32)15-5-7-17(8-6-15)35-22-21(31)19-10-9-18(13-20(19)37-23(22)26(27,28)29)36-25(33)16-4-3-11-30-14-16/h3-11,13-14H,2,12H2,1H3. The zero-order chi connectivity index (χ0) is 26.6. The smallest absolute Gasteiger partial charge is 0.453 e. The fraction of sp³-hybridized carbons (Fsp3) is 0.154. The van der Waals surface area contributed by atoms with Gasteiger partial charge in [0.1, 0.15) is 17.1 Å². The van der Waals surface area contributed by atoms with E-state index in [0.717, 1.165) is 12.1 Å². The number of hydrogen-bond acceptors (Lipinski definition) is 8. The molecule has 0 radical (unpaired) electrons. The van der Waals surface area contributed by atoms with Crippen LogP contribution in [0, 0.1) is 0 Å². The lowest BCUT2D eigenvalue weighted by atomic mass is 10.2. The van der Waals surface area contributed by atoms with Crippen LogP contribution in [0.3, 0.4) is 0 Å². The number of aromatic nitrogens is 1. The summed E-state index contributed by atoms with van der Waals surface area (Å²) in [4.78, 5) is 40.9. The van der Waals surface area contributed by atoms with Crippen LogP contribution in [0.25, 0.3) is 11.0 Å². The van der Waals surface area contributed by atoms with Gasteiger partial charge in [0.2, 0.25) is 11.2 Å². The van der Waals surface area contributed by atoms with E-state index in [0.29, 0.717) is 6.42 Å². The first-order valence-electron chi connectivity index (χ1n) is 10.9. The number of esters is 2. The Morgan fingerprint density at radius 3 is 2.35 bits per heavy atom. The van der Waals surface area contributed by atoms with E-state index in [1.165, 1.54) is 54.9 Å². The first kappa shape index (κ1) is 25.4. The lowest BCUT2D eigenvalue weighted by Crippen LogP contribution is -2.16. The molecule has 0 atom stereocenters. The number of halogens is 3. The monoisotopic (exact) mass is 513 g/mol. The van der Waals surface area contributed by atoms with E-state index in [-0.39, 0.29) is 34.6 Å². The second-order valence-electron chi connectivity index (χ2n) is 7.64. The zero-order valence-electron chi connectivity index (χ0n) is 19.2. The number of hydrogen-bond donors (Lipinski definition) is 0. The van der Waals surface area contributed by atoms with Gasteiger partial charge in [-0.3, -0.25) is 9.78 Å². The lowest BCUT2D eigenvalue weighted by molar-refractivity contribution is -0.154. The lowest BCUT2D eigenvalue weighted by Gasteiger charge is -2.14. The first-order chi connectivity index (χ1) is 17.7. The molecule has 4 aromatic rings. The number of pyridine rings is 1. The molecule has 0 saturated carbocycles. The minimum absolute atomic E-state index is 0.119. The average molecular weight is 513 g/mol. The fourth-order valence-corrected chi connectivity index (χ4v) is 3.20. The van der Waals surface area contributed by atoms with E-state index in [4.69, 9.17) is 18.6 Å². The zero-order valence-corrected chi connectivity index (χ0v) is 19.2. The molecule has 0 saturated heterocycles. The van der Waals surface area contributed by atoms with Crippen molar-refractivity contribution in [1.82, 2.24) is 4.98 Å². The molecule has 0 N–H and O–H groups in total. The normalized spacial score (nSPS) is 11.2. The van der Waals surface area contributed by atoms with Crippen LogP contribution in [0.5, 0.6) is 17.2 Å². The summed E-state index contributed by atoms with van der Waals surface area (Å²) in [5.74, 6) is -4.43. The van der Waals surface area contributed by atoms with Gasteiger partial charge >= 0.3 is 18.1 Å². The van der Waals surface area contributed by atoms with Gasteiger partial charge in [0.25, 0.3) is 5.76 Å². The van der Waals surface area contributed by atoms with Crippen LogP contribution in [0.4, 0.5) is 13.2 Å². The van der Waals surface area contributed by atoms with Crippen molar-refractivity contribution < 1.29 is 41.4 Å². The molecule has 0 bridgehead atoms. The van der Waals surface area contributed by atoms with Gasteiger partial charge in [-0.05, 0) is 55.0 Å². The average Bonchev–Trinajstić information content (AvgIpc) is 2.89. The molecule has 190 valence electrons. The van der Waals surface area contributed by atoms with Gasteiger partial charge in [-0.25, -0.2) is 9.59 Å². The number of carbonyl (C=O) groups is 2. The van der Waals surface area contributed by atoms with Crippen molar-refractivity contribution in [2.45, 2.75) is 19.5 Å². The number of nitrogens with zero attached hydrogens (tertiary/aromatic N) is 1.